The minimum atomic E-state index is -0.330. The number of amides is 2. The number of carbonyl (C=O) groups excluding carboxylic acids is 2. The molecule has 0 saturated carbocycles. The summed E-state index contributed by atoms with van der Waals surface area (Å²) in [6.07, 6.45) is 1.70. The van der Waals surface area contributed by atoms with Gasteiger partial charge in [-0.1, -0.05) is 54.1 Å². The summed E-state index contributed by atoms with van der Waals surface area (Å²) in [5.41, 5.74) is 2.59. The number of hydrogen-bond acceptors (Lipinski definition) is 5. The van der Waals surface area contributed by atoms with Gasteiger partial charge in [0.1, 0.15) is 6.61 Å². The molecule has 34 heavy (non-hydrogen) atoms. The predicted molar refractivity (Wildman–Crippen MR) is 139 cm³/mol. The molecule has 0 aliphatic carbocycles. The molecule has 0 bridgehead atoms. The number of halogens is 2. The van der Waals surface area contributed by atoms with E-state index in [0.717, 1.165) is 28.5 Å². The summed E-state index contributed by atoms with van der Waals surface area (Å²) in [7, 11) is 0. The van der Waals surface area contributed by atoms with Crippen molar-refractivity contribution in [1.82, 2.24) is 4.90 Å². The first-order valence-electron chi connectivity index (χ1n) is 10.6. The van der Waals surface area contributed by atoms with Crippen molar-refractivity contribution in [2.75, 3.05) is 6.61 Å². The summed E-state index contributed by atoms with van der Waals surface area (Å²) in [6, 6.07) is 20.6. The number of ether oxygens (including phenoxy) is 2. The molecule has 1 heterocycles. The van der Waals surface area contributed by atoms with E-state index in [-0.39, 0.29) is 17.7 Å². The van der Waals surface area contributed by atoms with Crippen molar-refractivity contribution >= 4 is 56.5 Å². The van der Waals surface area contributed by atoms with Gasteiger partial charge in [-0.25, -0.2) is 0 Å². The Hall–Kier alpha value is -2.74. The van der Waals surface area contributed by atoms with E-state index in [9.17, 15) is 9.59 Å². The third-order valence-electron chi connectivity index (χ3n) is 4.98. The maximum absolute atomic E-state index is 12.9. The molecule has 0 radical (unpaired) electrons. The van der Waals surface area contributed by atoms with Crippen LogP contribution in [0.2, 0.25) is 5.02 Å². The van der Waals surface area contributed by atoms with E-state index in [0.29, 0.717) is 39.1 Å². The van der Waals surface area contributed by atoms with Crippen LogP contribution in [0.1, 0.15) is 23.6 Å². The molecule has 1 fully saturated rings. The highest BCUT2D eigenvalue weighted by atomic mass is 79.9. The minimum absolute atomic E-state index is 0.194. The number of carbonyl (C=O) groups is 2. The Bertz CT molecular complexity index is 1230. The smallest absolute Gasteiger partial charge is 0.293 e. The van der Waals surface area contributed by atoms with E-state index < -0.39 is 0 Å². The van der Waals surface area contributed by atoms with Gasteiger partial charge in [0.05, 0.1) is 22.5 Å². The average Bonchev–Trinajstić information content (AvgIpc) is 3.08. The fraction of sp³-hybridized carbons (Fsp3) is 0.154. The van der Waals surface area contributed by atoms with Crippen molar-refractivity contribution in [3.8, 4) is 11.5 Å². The van der Waals surface area contributed by atoms with E-state index in [1.165, 1.54) is 4.90 Å². The molecular weight excluding hydrogens is 538 g/mol. The van der Waals surface area contributed by atoms with Gasteiger partial charge in [0, 0.05) is 5.02 Å². The summed E-state index contributed by atoms with van der Waals surface area (Å²) >= 11 is 10.4. The Morgan fingerprint density at radius 2 is 1.74 bits per heavy atom. The van der Waals surface area contributed by atoms with E-state index in [4.69, 9.17) is 21.1 Å². The molecule has 1 saturated heterocycles. The fourth-order valence-electron chi connectivity index (χ4n) is 3.36. The average molecular weight is 559 g/mol. The van der Waals surface area contributed by atoms with Crippen LogP contribution in [0.3, 0.4) is 0 Å². The Kier molecular flexibility index (Phi) is 7.98. The Balaban J connectivity index is 1.55. The zero-order chi connectivity index (χ0) is 24.1. The van der Waals surface area contributed by atoms with Crippen molar-refractivity contribution < 1.29 is 19.1 Å². The highest BCUT2D eigenvalue weighted by Gasteiger charge is 2.35. The van der Waals surface area contributed by atoms with Crippen LogP contribution in [0.5, 0.6) is 11.5 Å². The van der Waals surface area contributed by atoms with Crippen molar-refractivity contribution in [2.24, 2.45) is 0 Å². The van der Waals surface area contributed by atoms with Gasteiger partial charge in [-0.2, -0.15) is 0 Å². The minimum Gasteiger partial charge on any atom is -0.490 e. The summed E-state index contributed by atoms with van der Waals surface area (Å²) in [4.78, 5) is 27.0. The zero-order valence-electron chi connectivity index (χ0n) is 18.3. The lowest BCUT2D eigenvalue weighted by molar-refractivity contribution is -0.123. The summed E-state index contributed by atoms with van der Waals surface area (Å²) in [6.45, 7) is 2.93. The second kappa shape index (κ2) is 11.1. The van der Waals surface area contributed by atoms with Crippen LogP contribution in [-0.4, -0.2) is 22.7 Å². The van der Waals surface area contributed by atoms with E-state index in [2.05, 4.69) is 15.9 Å². The van der Waals surface area contributed by atoms with Gasteiger partial charge >= 0.3 is 0 Å². The molecule has 0 N–H and O–H groups in total. The van der Waals surface area contributed by atoms with Gasteiger partial charge in [-0.05, 0) is 81.6 Å². The van der Waals surface area contributed by atoms with Crippen LogP contribution in [-0.2, 0) is 17.9 Å². The molecule has 2 amide bonds. The number of thioether (sulfide) groups is 1. The van der Waals surface area contributed by atoms with Gasteiger partial charge < -0.3 is 9.47 Å². The van der Waals surface area contributed by atoms with Crippen LogP contribution in [0, 0.1) is 0 Å². The topological polar surface area (TPSA) is 55.8 Å². The predicted octanol–water partition coefficient (Wildman–Crippen LogP) is 7.32. The van der Waals surface area contributed by atoms with E-state index in [1.807, 2.05) is 49.4 Å². The monoisotopic (exact) mass is 557 g/mol. The van der Waals surface area contributed by atoms with Gasteiger partial charge in [0.2, 0.25) is 0 Å². The largest absolute Gasteiger partial charge is 0.490 e. The molecule has 4 rings (SSSR count). The maximum atomic E-state index is 12.9. The summed E-state index contributed by atoms with van der Waals surface area (Å²) in [5.74, 6) is 0.807. The number of rotatable bonds is 8. The first-order chi connectivity index (χ1) is 16.4. The first-order valence-corrected chi connectivity index (χ1v) is 12.6. The van der Waals surface area contributed by atoms with Crippen LogP contribution < -0.4 is 9.47 Å². The normalized spacial score (nSPS) is 14.7. The molecule has 3 aromatic carbocycles. The second-order valence-corrected chi connectivity index (χ2v) is 9.72. The standard InChI is InChI=1S/C26H21BrClNO4S/c1-2-32-22-13-19(12-21(27)24(22)33-16-18-6-4-3-5-7-18)14-23-25(30)29(26(31)34-23)15-17-8-10-20(28)11-9-17/h3-14H,2,15-16H2,1H3. The summed E-state index contributed by atoms with van der Waals surface area (Å²) < 4.78 is 12.5. The SMILES string of the molecule is CCOc1cc(C=C2SC(=O)N(Cc3ccc(Cl)cc3)C2=O)cc(Br)c1OCc1ccccc1. The molecule has 0 spiro atoms. The number of nitrogens with zero attached hydrogens (tertiary/aromatic N) is 1. The van der Waals surface area contributed by atoms with Gasteiger partial charge in [-0.3, -0.25) is 14.5 Å². The third-order valence-corrected chi connectivity index (χ3v) is 6.73. The molecule has 0 atom stereocenters. The van der Waals surface area contributed by atoms with Crippen molar-refractivity contribution in [3.63, 3.8) is 0 Å². The number of benzene rings is 3. The molecule has 8 heteroatoms. The maximum Gasteiger partial charge on any atom is 0.293 e. The molecule has 3 aromatic rings. The molecule has 0 aromatic heterocycles. The lowest BCUT2D eigenvalue weighted by atomic mass is 10.1. The lowest BCUT2D eigenvalue weighted by Crippen LogP contribution is -2.27. The van der Waals surface area contributed by atoms with Gasteiger partial charge in [0.15, 0.2) is 11.5 Å². The zero-order valence-corrected chi connectivity index (χ0v) is 21.5. The molecule has 174 valence electrons. The Morgan fingerprint density at radius 3 is 2.44 bits per heavy atom. The van der Waals surface area contributed by atoms with Gasteiger partial charge in [0.25, 0.3) is 11.1 Å². The van der Waals surface area contributed by atoms with Crippen LogP contribution in [0.4, 0.5) is 4.79 Å². The quantitative estimate of drug-likeness (QED) is 0.271. The van der Waals surface area contributed by atoms with E-state index >= 15 is 0 Å². The van der Waals surface area contributed by atoms with E-state index in [1.54, 1.807) is 30.3 Å². The number of hydrogen-bond donors (Lipinski definition) is 0. The van der Waals surface area contributed by atoms with Crippen LogP contribution in [0.15, 0.2) is 76.1 Å². The Morgan fingerprint density at radius 1 is 1.00 bits per heavy atom. The molecule has 0 unspecified atom stereocenters. The number of imide groups is 1. The Labute approximate surface area is 215 Å². The third kappa shape index (κ3) is 5.84. The fourth-order valence-corrected chi connectivity index (χ4v) is 4.90. The first kappa shape index (κ1) is 24.4. The van der Waals surface area contributed by atoms with Crippen molar-refractivity contribution in [1.29, 1.82) is 0 Å². The molecular formula is C26H21BrClNO4S. The summed E-state index contributed by atoms with van der Waals surface area (Å²) in [5, 5.41) is 0.294. The molecule has 5 nitrogen and oxygen atoms in total. The van der Waals surface area contributed by atoms with Crippen LogP contribution >= 0.6 is 39.3 Å². The highest BCUT2D eigenvalue weighted by Crippen LogP contribution is 2.40. The van der Waals surface area contributed by atoms with Crippen molar-refractivity contribution in [2.45, 2.75) is 20.1 Å². The highest BCUT2D eigenvalue weighted by molar-refractivity contribution is 9.10. The van der Waals surface area contributed by atoms with Crippen molar-refractivity contribution in [3.05, 3.63) is 97.8 Å². The molecule has 1 aliphatic heterocycles. The second-order valence-electron chi connectivity index (χ2n) is 7.43. The van der Waals surface area contributed by atoms with Crippen LogP contribution in [0.25, 0.3) is 6.08 Å². The lowest BCUT2D eigenvalue weighted by Gasteiger charge is -2.15. The van der Waals surface area contributed by atoms with Gasteiger partial charge in [-0.15, -0.1) is 0 Å². The molecule has 1 aliphatic rings.